The SMILES string of the molecule is C/C(=C/CCC=O)CCCC(C)(C)O. The molecule has 0 saturated carbocycles. The van der Waals surface area contributed by atoms with E-state index in [9.17, 15) is 9.90 Å². The average molecular weight is 198 g/mol. The van der Waals surface area contributed by atoms with Crippen molar-refractivity contribution in [3.63, 3.8) is 0 Å². The van der Waals surface area contributed by atoms with E-state index in [2.05, 4.69) is 13.0 Å². The summed E-state index contributed by atoms with van der Waals surface area (Å²) in [5, 5.41) is 9.48. The van der Waals surface area contributed by atoms with E-state index in [1.54, 1.807) is 0 Å². The van der Waals surface area contributed by atoms with Crippen LogP contribution in [0.5, 0.6) is 0 Å². The monoisotopic (exact) mass is 198 g/mol. The molecule has 2 nitrogen and oxygen atoms in total. The molecular weight excluding hydrogens is 176 g/mol. The lowest BCUT2D eigenvalue weighted by Crippen LogP contribution is -2.17. The standard InChI is InChI=1S/C12H22O2/c1-11(7-4-5-10-13)8-6-9-12(2,3)14/h7,10,14H,4-6,8-9H2,1-3H3/b11-7-. The average Bonchev–Trinajstić information content (AvgIpc) is 2.02. The van der Waals surface area contributed by atoms with E-state index in [0.29, 0.717) is 6.42 Å². The maximum atomic E-state index is 10.1. The fraction of sp³-hybridized carbons (Fsp3) is 0.750. The van der Waals surface area contributed by atoms with Crippen LogP contribution < -0.4 is 0 Å². The Kier molecular flexibility index (Phi) is 6.46. The number of unbranched alkanes of at least 4 members (excludes halogenated alkanes) is 1. The van der Waals surface area contributed by atoms with Crippen LogP contribution in [0.2, 0.25) is 0 Å². The van der Waals surface area contributed by atoms with E-state index in [0.717, 1.165) is 32.0 Å². The van der Waals surface area contributed by atoms with Crippen LogP contribution >= 0.6 is 0 Å². The lowest BCUT2D eigenvalue weighted by atomic mass is 9.99. The second-order valence-corrected chi connectivity index (χ2v) is 4.46. The summed E-state index contributed by atoms with van der Waals surface area (Å²) in [4.78, 5) is 10.1. The van der Waals surface area contributed by atoms with Crippen molar-refractivity contribution in [2.45, 2.75) is 58.5 Å². The van der Waals surface area contributed by atoms with Crippen molar-refractivity contribution >= 4 is 6.29 Å². The molecular formula is C12H22O2. The molecule has 0 fully saturated rings. The summed E-state index contributed by atoms with van der Waals surface area (Å²) >= 11 is 0. The highest BCUT2D eigenvalue weighted by Gasteiger charge is 2.10. The number of allylic oxidation sites excluding steroid dienone is 2. The first-order valence-electron chi connectivity index (χ1n) is 5.27. The third-order valence-electron chi connectivity index (χ3n) is 2.14. The molecule has 0 aromatic rings. The van der Waals surface area contributed by atoms with Gasteiger partial charge in [-0.15, -0.1) is 0 Å². The summed E-state index contributed by atoms with van der Waals surface area (Å²) in [6, 6.07) is 0. The molecule has 0 aliphatic rings. The van der Waals surface area contributed by atoms with Gasteiger partial charge >= 0.3 is 0 Å². The van der Waals surface area contributed by atoms with Crippen molar-refractivity contribution in [2.75, 3.05) is 0 Å². The van der Waals surface area contributed by atoms with E-state index in [1.165, 1.54) is 5.57 Å². The Labute approximate surface area is 87.0 Å². The molecule has 0 aromatic heterocycles. The molecule has 0 heterocycles. The highest BCUT2D eigenvalue weighted by atomic mass is 16.3. The van der Waals surface area contributed by atoms with Crippen molar-refractivity contribution in [1.82, 2.24) is 0 Å². The van der Waals surface area contributed by atoms with Gasteiger partial charge in [-0.05, 0) is 46.5 Å². The molecule has 0 aromatic carbocycles. The summed E-state index contributed by atoms with van der Waals surface area (Å²) in [6.07, 6.45) is 7.36. The zero-order chi connectivity index (χ0) is 11.0. The fourth-order valence-corrected chi connectivity index (χ4v) is 1.30. The quantitative estimate of drug-likeness (QED) is 0.388. The summed E-state index contributed by atoms with van der Waals surface area (Å²) in [5.74, 6) is 0. The van der Waals surface area contributed by atoms with Crippen LogP contribution in [0.25, 0.3) is 0 Å². The number of rotatable bonds is 7. The summed E-state index contributed by atoms with van der Waals surface area (Å²) in [6.45, 7) is 5.74. The minimum Gasteiger partial charge on any atom is -0.390 e. The van der Waals surface area contributed by atoms with Gasteiger partial charge < -0.3 is 9.90 Å². The number of aldehydes is 1. The Morgan fingerprint density at radius 1 is 1.36 bits per heavy atom. The lowest BCUT2D eigenvalue weighted by molar-refractivity contribution is -0.107. The number of carbonyl (C=O) groups excluding carboxylic acids is 1. The van der Waals surface area contributed by atoms with E-state index in [-0.39, 0.29) is 0 Å². The van der Waals surface area contributed by atoms with Crippen LogP contribution in [-0.4, -0.2) is 17.0 Å². The van der Waals surface area contributed by atoms with Gasteiger partial charge in [0.2, 0.25) is 0 Å². The highest BCUT2D eigenvalue weighted by molar-refractivity contribution is 5.49. The Morgan fingerprint density at radius 2 is 2.00 bits per heavy atom. The molecule has 2 heteroatoms. The Balaban J connectivity index is 3.57. The van der Waals surface area contributed by atoms with Crippen molar-refractivity contribution < 1.29 is 9.90 Å². The molecule has 0 aliphatic carbocycles. The molecule has 0 radical (unpaired) electrons. The molecule has 0 aliphatic heterocycles. The minimum atomic E-state index is -0.553. The first-order chi connectivity index (χ1) is 6.45. The Hall–Kier alpha value is -0.630. The van der Waals surface area contributed by atoms with Crippen molar-refractivity contribution in [1.29, 1.82) is 0 Å². The molecule has 14 heavy (non-hydrogen) atoms. The molecule has 0 bridgehead atoms. The van der Waals surface area contributed by atoms with E-state index in [4.69, 9.17) is 0 Å². The van der Waals surface area contributed by atoms with Crippen molar-refractivity contribution in [2.24, 2.45) is 0 Å². The van der Waals surface area contributed by atoms with Gasteiger partial charge in [-0.2, -0.15) is 0 Å². The Bertz CT molecular complexity index is 187. The molecule has 0 rings (SSSR count). The van der Waals surface area contributed by atoms with Crippen LogP contribution in [0.1, 0.15) is 52.9 Å². The van der Waals surface area contributed by atoms with Gasteiger partial charge in [0.15, 0.2) is 0 Å². The number of carbonyl (C=O) groups is 1. The molecule has 0 spiro atoms. The van der Waals surface area contributed by atoms with Gasteiger partial charge in [0.1, 0.15) is 6.29 Å². The third kappa shape index (κ3) is 9.46. The van der Waals surface area contributed by atoms with Crippen molar-refractivity contribution in [3.05, 3.63) is 11.6 Å². The van der Waals surface area contributed by atoms with Crippen LogP contribution in [0, 0.1) is 0 Å². The molecule has 1 N–H and O–H groups in total. The first-order valence-corrected chi connectivity index (χ1v) is 5.27. The van der Waals surface area contributed by atoms with Gasteiger partial charge in [-0.3, -0.25) is 0 Å². The molecule has 0 saturated heterocycles. The summed E-state index contributed by atoms with van der Waals surface area (Å²) in [5.41, 5.74) is 0.763. The van der Waals surface area contributed by atoms with Crippen molar-refractivity contribution in [3.8, 4) is 0 Å². The van der Waals surface area contributed by atoms with E-state index >= 15 is 0 Å². The third-order valence-corrected chi connectivity index (χ3v) is 2.14. The molecule has 82 valence electrons. The second-order valence-electron chi connectivity index (χ2n) is 4.46. The highest BCUT2D eigenvalue weighted by Crippen LogP contribution is 2.15. The zero-order valence-corrected chi connectivity index (χ0v) is 9.55. The van der Waals surface area contributed by atoms with Gasteiger partial charge in [0.25, 0.3) is 0 Å². The lowest BCUT2D eigenvalue weighted by Gasteiger charge is -2.16. The smallest absolute Gasteiger partial charge is 0.120 e. The largest absolute Gasteiger partial charge is 0.390 e. The van der Waals surface area contributed by atoms with Crippen LogP contribution in [0.4, 0.5) is 0 Å². The van der Waals surface area contributed by atoms with Crippen LogP contribution in [0.3, 0.4) is 0 Å². The first kappa shape index (κ1) is 13.4. The number of hydrogen-bond donors (Lipinski definition) is 1. The van der Waals surface area contributed by atoms with Gasteiger partial charge in [-0.1, -0.05) is 11.6 Å². The van der Waals surface area contributed by atoms with Gasteiger partial charge in [0.05, 0.1) is 5.60 Å². The van der Waals surface area contributed by atoms with Gasteiger partial charge in [-0.25, -0.2) is 0 Å². The zero-order valence-electron chi connectivity index (χ0n) is 9.55. The minimum absolute atomic E-state index is 0.553. The maximum Gasteiger partial charge on any atom is 0.120 e. The topological polar surface area (TPSA) is 37.3 Å². The predicted molar refractivity (Wildman–Crippen MR) is 59.2 cm³/mol. The van der Waals surface area contributed by atoms with E-state index in [1.807, 2.05) is 13.8 Å². The molecule has 0 amide bonds. The number of aliphatic hydroxyl groups is 1. The molecule has 0 atom stereocenters. The van der Waals surface area contributed by atoms with Crippen LogP contribution in [0.15, 0.2) is 11.6 Å². The fourth-order valence-electron chi connectivity index (χ4n) is 1.30. The van der Waals surface area contributed by atoms with E-state index < -0.39 is 5.60 Å². The van der Waals surface area contributed by atoms with Gasteiger partial charge in [0, 0.05) is 6.42 Å². The molecule has 0 unspecified atom stereocenters. The Morgan fingerprint density at radius 3 is 2.50 bits per heavy atom. The number of hydrogen-bond acceptors (Lipinski definition) is 2. The summed E-state index contributed by atoms with van der Waals surface area (Å²) < 4.78 is 0. The summed E-state index contributed by atoms with van der Waals surface area (Å²) in [7, 11) is 0. The van der Waals surface area contributed by atoms with Crippen LogP contribution in [-0.2, 0) is 4.79 Å². The maximum absolute atomic E-state index is 10.1. The predicted octanol–water partition coefficient (Wildman–Crippen LogP) is 2.85. The second kappa shape index (κ2) is 6.77. The normalized spacial score (nSPS) is 13.0.